The van der Waals surface area contributed by atoms with Gasteiger partial charge in [0.25, 0.3) is 0 Å². The summed E-state index contributed by atoms with van der Waals surface area (Å²) in [7, 11) is 1.44. The molecule has 1 aliphatic rings. The number of hydrogen-bond acceptors (Lipinski definition) is 4. The van der Waals surface area contributed by atoms with Crippen molar-refractivity contribution >= 4 is 17.7 Å². The van der Waals surface area contributed by atoms with E-state index in [1.165, 1.54) is 7.11 Å². The first kappa shape index (κ1) is 10.9. The van der Waals surface area contributed by atoms with E-state index in [1.54, 1.807) is 0 Å². The molecule has 3 nitrogen and oxygen atoms in total. The lowest BCUT2D eigenvalue weighted by molar-refractivity contribution is -0.141. The minimum absolute atomic E-state index is 0.133. The van der Waals surface area contributed by atoms with Gasteiger partial charge in [-0.25, -0.2) is 0 Å². The number of hydrogen-bond donors (Lipinski definition) is 0. The lowest BCUT2D eigenvalue weighted by atomic mass is 10.3. The molecule has 0 amide bonds. The van der Waals surface area contributed by atoms with Gasteiger partial charge in [0.05, 0.1) is 13.7 Å². The molecular weight excluding hydrogens is 186 g/mol. The molecule has 2 atom stereocenters. The summed E-state index contributed by atoms with van der Waals surface area (Å²) < 4.78 is 4.64. The van der Waals surface area contributed by atoms with Gasteiger partial charge in [-0.1, -0.05) is 13.8 Å². The Bertz CT molecular complexity index is 176. The van der Waals surface area contributed by atoms with Gasteiger partial charge in [-0.05, 0) is 0 Å². The summed E-state index contributed by atoms with van der Waals surface area (Å²) in [4.78, 5) is 13.2. The number of ether oxygens (including phenoxy) is 1. The number of methoxy groups -OCH3 is 1. The Labute approximate surface area is 83.8 Å². The second kappa shape index (κ2) is 4.86. The molecular formula is C9H17NO2S. The number of carbonyl (C=O) groups is 1. The Morgan fingerprint density at radius 1 is 1.46 bits per heavy atom. The molecule has 1 fully saturated rings. The highest BCUT2D eigenvalue weighted by Gasteiger charge is 2.23. The highest BCUT2D eigenvalue weighted by Crippen LogP contribution is 2.24. The van der Waals surface area contributed by atoms with E-state index in [-0.39, 0.29) is 5.97 Å². The summed E-state index contributed by atoms with van der Waals surface area (Å²) in [5.74, 6) is -0.133. The van der Waals surface area contributed by atoms with Crippen LogP contribution in [0.1, 0.15) is 13.8 Å². The van der Waals surface area contributed by atoms with Crippen LogP contribution in [-0.4, -0.2) is 48.1 Å². The monoisotopic (exact) mass is 203 g/mol. The van der Waals surface area contributed by atoms with Gasteiger partial charge in [0.1, 0.15) is 0 Å². The molecule has 1 aliphatic heterocycles. The molecule has 76 valence electrons. The second-order valence-electron chi connectivity index (χ2n) is 3.53. The van der Waals surface area contributed by atoms with E-state index < -0.39 is 0 Å². The normalized spacial score (nSPS) is 30.1. The average molecular weight is 203 g/mol. The zero-order chi connectivity index (χ0) is 9.84. The predicted octanol–water partition coefficient (Wildman–Crippen LogP) is 0.985. The summed E-state index contributed by atoms with van der Waals surface area (Å²) in [6.45, 7) is 6.81. The number of nitrogens with zero attached hydrogens (tertiary/aromatic N) is 1. The summed E-state index contributed by atoms with van der Waals surface area (Å²) in [5.41, 5.74) is 0. The highest BCUT2D eigenvalue weighted by molar-refractivity contribution is 8.00. The molecule has 0 saturated carbocycles. The second-order valence-corrected chi connectivity index (χ2v) is 5.41. The van der Waals surface area contributed by atoms with Crippen LogP contribution in [0.15, 0.2) is 0 Å². The summed E-state index contributed by atoms with van der Waals surface area (Å²) in [5, 5.41) is 1.24. The van der Waals surface area contributed by atoms with Crippen LogP contribution in [0.2, 0.25) is 0 Å². The number of rotatable bonds is 2. The van der Waals surface area contributed by atoms with Crippen LogP contribution in [0, 0.1) is 0 Å². The van der Waals surface area contributed by atoms with Crippen molar-refractivity contribution in [2.45, 2.75) is 24.3 Å². The van der Waals surface area contributed by atoms with Gasteiger partial charge >= 0.3 is 5.97 Å². The summed E-state index contributed by atoms with van der Waals surface area (Å²) in [6, 6.07) is 0. The van der Waals surface area contributed by atoms with E-state index in [9.17, 15) is 4.79 Å². The van der Waals surface area contributed by atoms with E-state index in [0.29, 0.717) is 17.0 Å². The van der Waals surface area contributed by atoms with E-state index in [4.69, 9.17) is 0 Å². The predicted molar refractivity (Wildman–Crippen MR) is 55.0 cm³/mol. The van der Waals surface area contributed by atoms with Crippen molar-refractivity contribution in [3.8, 4) is 0 Å². The fourth-order valence-electron chi connectivity index (χ4n) is 1.66. The molecule has 1 rings (SSSR count). The maximum absolute atomic E-state index is 11.0. The molecule has 0 aromatic rings. The van der Waals surface area contributed by atoms with Gasteiger partial charge < -0.3 is 4.74 Å². The van der Waals surface area contributed by atoms with Crippen molar-refractivity contribution in [1.29, 1.82) is 0 Å². The smallest absolute Gasteiger partial charge is 0.319 e. The van der Waals surface area contributed by atoms with Crippen LogP contribution >= 0.6 is 11.8 Å². The molecule has 0 aromatic carbocycles. The quantitative estimate of drug-likeness (QED) is 0.626. The van der Waals surface area contributed by atoms with Gasteiger partial charge in [-0.15, -0.1) is 0 Å². The van der Waals surface area contributed by atoms with E-state index in [0.717, 1.165) is 13.1 Å². The number of esters is 1. The molecule has 0 radical (unpaired) electrons. The molecule has 2 unspecified atom stereocenters. The van der Waals surface area contributed by atoms with Crippen molar-refractivity contribution in [3.63, 3.8) is 0 Å². The Morgan fingerprint density at radius 2 is 2.00 bits per heavy atom. The lowest BCUT2D eigenvalue weighted by Gasteiger charge is -2.33. The molecule has 0 aliphatic carbocycles. The number of thioether (sulfide) groups is 1. The lowest BCUT2D eigenvalue weighted by Crippen LogP contribution is -2.43. The van der Waals surface area contributed by atoms with Gasteiger partial charge in [0.15, 0.2) is 0 Å². The zero-order valence-electron chi connectivity index (χ0n) is 8.45. The van der Waals surface area contributed by atoms with Crippen LogP contribution in [0.25, 0.3) is 0 Å². The molecule has 0 bridgehead atoms. The van der Waals surface area contributed by atoms with Gasteiger partial charge in [0.2, 0.25) is 0 Å². The third-order valence-electron chi connectivity index (χ3n) is 2.08. The molecule has 4 heteroatoms. The minimum atomic E-state index is -0.133. The molecule has 0 aromatic heterocycles. The Morgan fingerprint density at radius 3 is 2.46 bits per heavy atom. The first-order valence-corrected chi connectivity index (χ1v) is 5.50. The van der Waals surface area contributed by atoms with Crippen molar-refractivity contribution < 1.29 is 9.53 Å². The van der Waals surface area contributed by atoms with Crippen LogP contribution in [0.5, 0.6) is 0 Å². The maximum Gasteiger partial charge on any atom is 0.319 e. The fourth-order valence-corrected chi connectivity index (χ4v) is 3.05. The first-order chi connectivity index (χ1) is 6.11. The summed E-state index contributed by atoms with van der Waals surface area (Å²) in [6.07, 6.45) is 0. The highest BCUT2D eigenvalue weighted by atomic mass is 32.2. The van der Waals surface area contributed by atoms with E-state index in [1.807, 2.05) is 11.8 Å². The standard InChI is InChI=1S/C9H17NO2S/c1-7-4-10(5-8(2)13-7)6-9(11)12-3/h7-8H,4-6H2,1-3H3. The molecule has 13 heavy (non-hydrogen) atoms. The molecule has 0 spiro atoms. The minimum Gasteiger partial charge on any atom is -0.468 e. The third kappa shape index (κ3) is 3.56. The topological polar surface area (TPSA) is 29.5 Å². The Balaban J connectivity index is 2.37. The molecule has 0 N–H and O–H groups in total. The van der Waals surface area contributed by atoms with Gasteiger partial charge in [0, 0.05) is 23.6 Å². The van der Waals surface area contributed by atoms with Crippen molar-refractivity contribution in [2.75, 3.05) is 26.7 Å². The third-order valence-corrected chi connectivity index (χ3v) is 3.30. The fraction of sp³-hybridized carbons (Fsp3) is 0.889. The molecule has 1 heterocycles. The van der Waals surface area contributed by atoms with Crippen molar-refractivity contribution in [2.24, 2.45) is 0 Å². The van der Waals surface area contributed by atoms with E-state index >= 15 is 0 Å². The van der Waals surface area contributed by atoms with Crippen LogP contribution in [-0.2, 0) is 9.53 Å². The van der Waals surface area contributed by atoms with Crippen molar-refractivity contribution in [3.05, 3.63) is 0 Å². The SMILES string of the molecule is COC(=O)CN1CC(C)SC(C)C1. The van der Waals surface area contributed by atoms with E-state index in [2.05, 4.69) is 23.5 Å². The molecule has 1 saturated heterocycles. The average Bonchev–Trinajstić information content (AvgIpc) is 2.02. The van der Waals surface area contributed by atoms with Crippen LogP contribution < -0.4 is 0 Å². The van der Waals surface area contributed by atoms with Crippen LogP contribution in [0.4, 0.5) is 0 Å². The van der Waals surface area contributed by atoms with Gasteiger partial charge in [-0.2, -0.15) is 11.8 Å². The Kier molecular flexibility index (Phi) is 4.06. The largest absolute Gasteiger partial charge is 0.468 e. The maximum atomic E-state index is 11.0. The van der Waals surface area contributed by atoms with Crippen molar-refractivity contribution in [1.82, 2.24) is 4.90 Å². The number of carbonyl (C=O) groups excluding carboxylic acids is 1. The first-order valence-electron chi connectivity index (χ1n) is 4.56. The zero-order valence-corrected chi connectivity index (χ0v) is 9.26. The van der Waals surface area contributed by atoms with Gasteiger partial charge in [-0.3, -0.25) is 9.69 Å². The van der Waals surface area contributed by atoms with Crippen LogP contribution in [0.3, 0.4) is 0 Å². The summed E-state index contributed by atoms with van der Waals surface area (Å²) >= 11 is 1.99. The Hall–Kier alpha value is -0.220.